The minimum Gasteiger partial charge on any atom is -0.481 e. The maximum absolute atomic E-state index is 10.6. The van der Waals surface area contributed by atoms with E-state index >= 15 is 0 Å². The molecule has 1 heterocycles. The molecule has 0 spiro atoms. The molecular weight excluding hydrogens is 204 g/mol. The molecule has 0 bridgehead atoms. The summed E-state index contributed by atoms with van der Waals surface area (Å²) in [4.78, 5) is 10.6. The van der Waals surface area contributed by atoms with E-state index in [4.69, 9.17) is 5.11 Å². The van der Waals surface area contributed by atoms with E-state index in [0.717, 1.165) is 11.1 Å². The van der Waals surface area contributed by atoms with Gasteiger partial charge in [-0.25, -0.2) is 0 Å². The lowest BCUT2D eigenvalue weighted by molar-refractivity contribution is -0.136. The van der Waals surface area contributed by atoms with E-state index in [0.29, 0.717) is 12.1 Å². The van der Waals surface area contributed by atoms with Gasteiger partial charge in [0.25, 0.3) is 0 Å². The van der Waals surface area contributed by atoms with Gasteiger partial charge in [0.2, 0.25) is 0 Å². The van der Waals surface area contributed by atoms with Crippen molar-refractivity contribution in [2.45, 2.75) is 12.8 Å². The summed E-state index contributed by atoms with van der Waals surface area (Å²) in [6, 6.07) is 9.91. The van der Waals surface area contributed by atoms with Crippen molar-refractivity contribution < 1.29 is 9.90 Å². The molecule has 0 aliphatic carbocycles. The van der Waals surface area contributed by atoms with Crippen LogP contribution in [0.3, 0.4) is 0 Å². The van der Waals surface area contributed by atoms with Gasteiger partial charge in [-0.3, -0.25) is 9.89 Å². The third-order valence-electron chi connectivity index (χ3n) is 2.37. The van der Waals surface area contributed by atoms with Gasteiger partial charge in [-0.2, -0.15) is 5.10 Å². The highest BCUT2D eigenvalue weighted by molar-refractivity contribution is 5.70. The fourth-order valence-electron chi connectivity index (χ4n) is 1.61. The first kappa shape index (κ1) is 10.4. The molecule has 0 unspecified atom stereocenters. The first-order valence-corrected chi connectivity index (χ1v) is 5.02. The first-order chi connectivity index (χ1) is 7.75. The number of hydrogen-bond donors (Lipinski definition) is 2. The second kappa shape index (κ2) is 4.61. The summed E-state index contributed by atoms with van der Waals surface area (Å²) < 4.78 is 0. The highest BCUT2D eigenvalue weighted by Gasteiger charge is 2.09. The number of rotatable bonds is 4. The summed E-state index contributed by atoms with van der Waals surface area (Å²) in [7, 11) is 0. The van der Waals surface area contributed by atoms with Gasteiger partial charge in [-0.15, -0.1) is 0 Å². The Labute approximate surface area is 92.9 Å². The number of H-pyrrole nitrogens is 1. The zero-order chi connectivity index (χ0) is 11.4. The van der Waals surface area contributed by atoms with Gasteiger partial charge >= 0.3 is 5.97 Å². The highest BCUT2D eigenvalue weighted by atomic mass is 16.4. The van der Waals surface area contributed by atoms with Crippen molar-refractivity contribution in [3.8, 4) is 0 Å². The molecule has 0 aliphatic rings. The van der Waals surface area contributed by atoms with Gasteiger partial charge in [0, 0.05) is 12.1 Å². The second-order valence-electron chi connectivity index (χ2n) is 3.61. The van der Waals surface area contributed by atoms with Gasteiger partial charge in [0.1, 0.15) is 0 Å². The van der Waals surface area contributed by atoms with Gasteiger partial charge < -0.3 is 5.11 Å². The van der Waals surface area contributed by atoms with Gasteiger partial charge in [0.05, 0.1) is 12.6 Å². The lowest BCUT2D eigenvalue weighted by Crippen LogP contribution is -2.03. The zero-order valence-corrected chi connectivity index (χ0v) is 8.68. The average Bonchev–Trinajstić information content (AvgIpc) is 2.66. The lowest BCUT2D eigenvalue weighted by Gasteiger charge is -2.01. The Morgan fingerprint density at radius 3 is 2.75 bits per heavy atom. The Morgan fingerprint density at radius 1 is 1.31 bits per heavy atom. The van der Waals surface area contributed by atoms with Crippen molar-refractivity contribution >= 4 is 5.97 Å². The summed E-state index contributed by atoms with van der Waals surface area (Å²) in [5, 5.41) is 15.3. The van der Waals surface area contributed by atoms with Gasteiger partial charge in [0.15, 0.2) is 0 Å². The summed E-state index contributed by atoms with van der Waals surface area (Å²) in [5.41, 5.74) is 2.76. The van der Waals surface area contributed by atoms with Crippen molar-refractivity contribution in [3.63, 3.8) is 0 Å². The average molecular weight is 216 g/mol. The van der Waals surface area contributed by atoms with E-state index in [1.54, 1.807) is 6.20 Å². The number of aromatic amines is 1. The number of hydrogen-bond acceptors (Lipinski definition) is 2. The Bertz CT molecular complexity index is 477. The molecule has 0 atom stereocenters. The maximum atomic E-state index is 10.6. The van der Waals surface area contributed by atoms with Crippen LogP contribution in [-0.4, -0.2) is 21.3 Å². The van der Waals surface area contributed by atoms with Crippen LogP contribution in [0.2, 0.25) is 0 Å². The molecule has 0 fully saturated rings. The Kier molecular flexibility index (Phi) is 3.00. The molecule has 0 aliphatic heterocycles. The maximum Gasteiger partial charge on any atom is 0.309 e. The van der Waals surface area contributed by atoms with E-state index in [-0.39, 0.29) is 6.42 Å². The smallest absolute Gasteiger partial charge is 0.309 e. The summed E-state index contributed by atoms with van der Waals surface area (Å²) in [5.74, 6) is -0.849. The number of aliphatic carboxylic acids is 1. The van der Waals surface area contributed by atoms with E-state index in [1.165, 1.54) is 0 Å². The van der Waals surface area contributed by atoms with Gasteiger partial charge in [-0.05, 0) is 11.1 Å². The van der Waals surface area contributed by atoms with E-state index in [1.807, 2.05) is 30.3 Å². The number of nitrogens with one attached hydrogen (secondary N) is 1. The molecule has 1 aromatic carbocycles. The van der Waals surface area contributed by atoms with E-state index in [2.05, 4.69) is 10.2 Å². The SMILES string of the molecule is O=C(O)Cc1[nH]ncc1Cc1ccccc1. The van der Waals surface area contributed by atoms with Crippen LogP contribution in [0, 0.1) is 0 Å². The van der Waals surface area contributed by atoms with Gasteiger partial charge in [-0.1, -0.05) is 30.3 Å². The molecule has 82 valence electrons. The molecule has 0 saturated heterocycles. The van der Waals surface area contributed by atoms with Crippen LogP contribution in [0.15, 0.2) is 36.5 Å². The van der Waals surface area contributed by atoms with E-state index in [9.17, 15) is 4.79 Å². The van der Waals surface area contributed by atoms with Crippen LogP contribution in [0.1, 0.15) is 16.8 Å². The van der Waals surface area contributed by atoms with Crippen molar-refractivity contribution in [2.75, 3.05) is 0 Å². The molecule has 2 aromatic rings. The number of benzene rings is 1. The van der Waals surface area contributed by atoms with Crippen LogP contribution < -0.4 is 0 Å². The van der Waals surface area contributed by atoms with Crippen LogP contribution in [0.5, 0.6) is 0 Å². The van der Waals surface area contributed by atoms with Crippen LogP contribution in [0.25, 0.3) is 0 Å². The molecule has 4 heteroatoms. The minimum absolute atomic E-state index is 0.0117. The molecule has 2 N–H and O–H groups in total. The van der Waals surface area contributed by atoms with Crippen molar-refractivity contribution in [3.05, 3.63) is 53.3 Å². The molecule has 4 nitrogen and oxygen atoms in total. The fourth-order valence-corrected chi connectivity index (χ4v) is 1.61. The third kappa shape index (κ3) is 2.48. The molecule has 16 heavy (non-hydrogen) atoms. The number of aromatic nitrogens is 2. The predicted molar refractivity (Wildman–Crippen MR) is 59.2 cm³/mol. The molecule has 2 rings (SSSR count). The van der Waals surface area contributed by atoms with E-state index < -0.39 is 5.97 Å². The quantitative estimate of drug-likeness (QED) is 0.816. The number of carboxylic acid groups (broad SMARTS) is 1. The van der Waals surface area contributed by atoms with Crippen LogP contribution in [0.4, 0.5) is 0 Å². The molecule has 0 radical (unpaired) electrons. The topological polar surface area (TPSA) is 66.0 Å². The zero-order valence-electron chi connectivity index (χ0n) is 8.68. The molecular formula is C12H12N2O2. The molecule has 1 aromatic heterocycles. The number of carboxylic acids is 1. The first-order valence-electron chi connectivity index (χ1n) is 5.02. The molecule has 0 saturated carbocycles. The standard InChI is InChI=1S/C12H12N2O2/c15-12(16)7-11-10(8-13-14-11)6-9-4-2-1-3-5-9/h1-5,8H,6-7H2,(H,13,14)(H,15,16). The summed E-state index contributed by atoms with van der Waals surface area (Å²) in [6.07, 6.45) is 2.38. The number of carbonyl (C=O) groups is 1. The van der Waals surface area contributed by atoms with Crippen molar-refractivity contribution in [1.29, 1.82) is 0 Å². The second-order valence-corrected chi connectivity index (χ2v) is 3.61. The predicted octanol–water partition coefficient (Wildman–Crippen LogP) is 1.63. The normalized spacial score (nSPS) is 10.2. The lowest BCUT2D eigenvalue weighted by atomic mass is 10.0. The van der Waals surface area contributed by atoms with Crippen molar-refractivity contribution in [2.24, 2.45) is 0 Å². The largest absolute Gasteiger partial charge is 0.481 e. The fraction of sp³-hybridized carbons (Fsp3) is 0.167. The highest BCUT2D eigenvalue weighted by Crippen LogP contribution is 2.12. The van der Waals surface area contributed by atoms with Crippen LogP contribution in [-0.2, 0) is 17.6 Å². The number of nitrogens with zero attached hydrogens (tertiary/aromatic N) is 1. The van der Waals surface area contributed by atoms with Crippen molar-refractivity contribution in [1.82, 2.24) is 10.2 Å². The molecule has 0 amide bonds. The minimum atomic E-state index is -0.849. The Balaban J connectivity index is 2.16. The monoisotopic (exact) mass is 216 g/mol. The summed E-state index contributed by atoms with van der Waals surface area (Å²) in [6.45, 7) is 0. The Morgan fingerprint density at radius 2 is 2.06 bits per heavy atom. The Hall–Kier alpha value is -2.10. The third-order valence-corrected chi connectivity index (χ3v) is 2.37. The summed E-state index contributed by atoms with van der Waals surface area (Å²) >= 11 is 0. The van der Waals surface area contributed by atoms with Crippen LogP contribution >= 0.6 is 0 Å².